The van der Waals surface area contributed by atoms with Gasteiger partial charge in [0.05, 0.1) is 13.0 Å². The third-order valence-electron chi connectivity index (χ3n) is 4.65. The predicted molar refractivity (Wildman–Crippen MR) is 76.3 cm³/mol. The molecule has 2 rings (SSSR count). The lowest BCUT2D eigenvalue weighted by molar-refractivity contribution is -0.143. The Bertz CT molecular complexity index is 362. The number of methoxy groups -OCH3 is 1. The highest BCUT2D eigenvalue weighted by molar-refractivity contribution is 5.80. The molecule has 5 nitrogen and oxygen atoms in total. The largest absolute Gasteiger partial charge is 0.453 e. The molecule has 2 fully saturated rings. The molecule has 0 aromatic heterocycles. The van der Waals surface area contributed by atoms with Crippen LogP contribution in [0.1, 0.15) is 46.0 Å². The SMILES string of the molecule is COC(=O)N1CCCC(C(=O)N2C(C)CCCC2C)C1. The summed E-state index contributed by atoms with van der Waals surface area (Å²) < 4.78 is 4.77. The Hall–Kier alpha value is -1.26. The maximum atomic E-state index is 12.8. The van der Waals surface area contributed by atoms with Gasteiger partial charge in [-0.15, -0.1) is 0 Å². The van der Waals surface area contributed by atoms with E-state index in [1.54, 1.807) is 4.90 Å². The van der Waals surface area contributed by atoms with Gasteiger partial charge in [0, 0.05) is 25.2 Å². The Morgan fingerprint density at radius 2 is 1.70 bits per heavy atom. The topological polar surface area (TPSA) is 49.9 Å². The molecule has 5 heteroatoms. The second kappa shape index (κ2) is 6.46. The van der Waals surface area contributed by atoms with Crippen molar-refractivity contribution >= 4 is 12.0 Å². The van der Waals surface area contributed by atoms with Crippen molar-refractivity contribution in [2.45, 2.75) is 58.0 Å². The molecule has 0 bridgehead atoms. The summed E-state index contributed by atoms with van der Waals surface area (Å²) >= 11 is 0. The molecule has 0 spiro atoms. The first-order valence-corrected chi connectivity index (χ1v) is 7.69. The van der Waals surface area contributed by atoms with E-state index in [9.17, 15) is 9.59 Å². The lowest BCUT2D eigenvalue weighted by atomic mass is 9.91. The molecule has 0 aromatic carbocycles. The highest BCUT2D eigenvalue weighted by Gasteiger charge is 2.36. The van der Waals surface area contributed by atoms with Crippen molar-refractivity contribution < 1.29 is 14.3 Å². The van der Waals surface area contributed by atoms with Crippen LogP contribution in [0.25, 0.3) is 0 Å². The third kappa shape index (κ3) is 3.07. The number of likely N-dealkylation sites (tertiary alicyclic amines) is 2. The molecule has 114 valence electrons. The van der Waals surface area contributed by atoms with E-state index in [1.807, 2.05) is 0 Å². The maximum absolute atomic E-state index is 12.8. The normalized spacial score (nSPS) is 31.1. The van der Waals surface area contributed by atoms with Crippen LogP contribution in [-0.4, -0.2) is 54.1 Å². The molecule has 2 heterocycles. The van der Waals surface area contributed by atoms with Gasteiger partial charge in [0.15, 0.2) is 0 Å². The van der Waals surface area contributed by atoms with E-state index in [2.05, 4.69) is 18.7 Å². The van der Waals surface area contributed by atoms with Gasteiger partial charge in [-0.3, -0.25) is 4.79 Å². The van der Waals surface area contributed by atoms with E-state index in [4.69, 9.17) is 4.74 Å². The monoisotopic (exact) mass is 282 g/mol. The lowest BCUT2D eigenvalue weighted by Crippen LogP contribution is -2.53. The average Bonchev–Trinajstić information content (AvgIpc) is 2.46. The van der Waals surface area contributed by atoms with Gasteiger partial charge >= 0.3 is 6.09 Å². The maximum Gasteiger partial charge on any atom is 0.409 e. The van der Waals surface area contributed by atoms with Gasteiger partial charge in [-0.1, -0.05) is 0 Å². The highest BCUT2D eigenvalue weighted by Crippen LogP contribution is 2.27. The lowest BCUT2D eigenvalue weighted by Gasteiger charge is -2.42. The first-order valence-electron chi connectivity index (χ1n) is 7.69. The molecule has 0 aromatic rings. The number of amides is 2. The van der Waals surface area contributed by atoms with E-state index in [0.717, 1.165) is 25.7 Å². The van der Waals surface area contributed by atoms with Crippen LogP contribution in [0.5, 0.6) is 0 Å². The van der Waals surface area contributed by atoms with E-state index >= 15 is 0 Å². The van der Waals surface area contributed by atoms with Gasteiger partial charge in [0.2, 0.25) is 5.91 Å². The number of hydrogen-bond acceptors (Lipinski definition) is 3. The Morgan fingerprint density at radius 1 is 1.05 bits per heavy atom. The molecule has 0 saturated carbocycles. The number of ether oxygens (including phenoxy) is 1. The zero-order chi connectivity index (χ0) is 14.7. The molecule has 3 unspecified atom stereocenters. The first kappa shape index (κ1) is 15.1. The predicted octanol–water partition coefficient (Wildman–Crippen LogP) is 2.25. The molecule has 2 aliphatic heterocycles. The number of piperidine rings is 2. The molecule has 2 aliphatic rings. The molecule has 2 amide bonds. The van der Waals surface area contributed by atoms with Crippen molar-refractivity contribution in [3.63, 3.8) is 0 Å². The first-order chi connectivity index (χ1) is 9.54. The Labute approximate surface area is 121 Å². The van der Waals surface area contributed by atoms with Gasteiger partial charge in [-0.05, 0) is 46.0 Å². The fraction of sp³-hybridized carbons (Fsp3) is 0.867. The summed E-state index contributed by atoms with van der Waals surface area (Å²) in [5.74, 6) is 0.157. The van der Waals surface area contributed by atoms with E-state index in [1.165, 1.54) is 13.5 Å². The van der Waals surface area contributed by atoms with Crippen molar-refractivity contribution in [3.8, 4) is 0 Å². The van der Waals surface area contributed by atoms with Crippen molar-refractivity contribution in [2.75, 3.05) is 20.2 Å². The summed E-state index contributed by atoms with van der Waals surface area (Å²) in [6.07, 6.45) is 4.81. The summed E-state index contributed by atoms with van der Waals surface area (Å²) in [6, 6.07) is 0.638. The van der Waals surface area contributed by atoms with Crippen molar-refractivity contribution in [2.24, 2.45) is 5.92 Å². The van der Waals surface area contributed by atoms with Crippen LogP contribution in [-0.2, 0) is 9.53 Å². The molecule has 3 atom stereocenters. The highest BCUT2D eigenvalue weighted by atomic mass is 16.5. The van der Waals surface area contributed by atoms with Crippen LogP contribution in [0.3, 0.4) is 0 Å². The van der Waals surface area contributed by atoms with Gasteiger partial charge < -0.3 is 14.5 Å². The summed E-state index contributed by atoms with van der Waals surface area (Å²) in [5, 5.41) is 0. The Balaban J connectivity index is 2.02. The summed E-state index contributed by atoms with van der Waals surface area (Å²) in [5.41, 5.74) is 0. The number of carbonyl (C=O) groups is 2. The smallest absolute Gasteiger partial charge is 0.409 e. The number of rotatable bonds is 1. The van der Waals surface area contributed by atoms with E-state index < -0.39 is 0 Å². The van der Waals surface area contributed by atoms with Crippen molar-refractivity contribution in [3.05, 3.63) is 0 Å². The Morgan fingerprint density at radius 3 is 2.30 bits per heavy atom. The second-order valence-electron chi connectivity index (χ2n) is 6.13. The summed E-state index contributed by atoms with van der Waals surface area (Å²) in [7, 11) is 1.39. The fourth-order valence-corrected chi connectivity index (χ4v) is 3.54. The van der Waals surface area contributed by atoms with Crippen LogP contribution in [0.2, 0.25) is 0 Å². The zero-order valence-corrected chi connectivity index (χ0v) is 12.8. The number of nitrogens with zero attached hydrogens (tertiary/aromatic N) is 2. The van der Waals surface area contributed by atoms with Gasteiger partial charge in [-0.25, -0.2) is 4.79 Å². The second-order valence-corrected chi connectivity index (χ2v) is 6.13. The molecule has 0 radical (unpaired) electrons. The van der Waals surface area contributed by atoms with Gasteiger partial charge in [0.1, 0.15) is 0 Å². The van der Waals surface area contributed by atoms with E-state index in [-0.39, 0.29) is 17.9 Å². The van der Waals surface area contributed by atoms with E-state index in [0.29, 0.717) is 25.2 Å². The van der Waals surface area contributed by atoms with Gasteiger partial charge in [-0.2, -0.15) is 0 Å². The molecule has 0 N–H and O–H groups in total. The fourth-order valence-electron chi connectivity index (χ4n) is 3.54. The Kier molecular flexibility index (Phi) is 4.89. The molecule has 2 saturated heterocycles. The molecular formula is C15H26N2O3. The summed E-state index contributed by atoms with van der Waals surface area (Å²) in [4.78, 5) is 28.1. The van der Waals surface area contributed by atoms with Crippen LogP contribution < -0.4 is 0 Å². The standard InChI is InChI=1S/C15H26N2O3/c1-11-6-4-7-12(2)17(11)14(18)13-8-5-9-16(10-13)15(19)20-3/h11-13H,4-10H2,1-3H3. The quantitative estimate of drug-likeness (QED) is 0.741. The summed E-state index contributed by atoms with van der Waals surface area (Å²) in [6.45, 7) is 5.46. The minimum absolute atomic E-state index is 0.0640. The van der Waals surface area contributed by atoms with Crippen LogP contribution in [0, 0.1) is 5.92 Å². The number of carbonyl (C=O) groups excluding carboxylic acids is 2. The average molecular weight is 282 g/mol. The number of hydrogen-bond donors (Lipinski definition) is 0. The van der Waals surface area contributed by atoms with Crippen molar-refractivity contribution in [1.29, 1.82) is 0 Å². The zero-order valence-electron chi connectivity index (χ0n) is 12.8. The van der Waals surface area contributed by atoms with Gasteiger partial charge in [0.25, 0.3) is 0 Å². The minimum atomic E-state index is -0.317. The molecular weight excluding hydrogens is 256 g/mol. The molecule has 20 heavy (non-hydrogen) atoms. The molecule has 0 aliphatic carbocycles. The third-order valence-corrected chi connectivity index (χ3v) is 4.65. The van der Waals surface area contributed by atoms with Crippen molar-refractivity contribution in [1.82, 2.24) is 9.80 Å². The van der Waals surface area contributed by atoms with Crippen LogP contribution in [0.15, 0.2) is 0 Å². The minimum Gasteiger partial charge on any atom is -0.453 e. The van der Waals surface area contributed by atoms with Crippen LogP contribution >= 0.6 is 0 Å². The van der Waals surface area contributed by atoms with Crippen LogP contribution in [0.4, 0.5) is 4.79 Å².